The molecule has 15 nitrogen and oxygen atoms in total. The van der Waals surface area contributed by atoms with E-state index >= 15 is 0 Å². The number of thiophene rings is 1. The van der Waals surface area contributed by atoms with Gasteiger partial charge in [-0.25, -0.2) is 14.5 Å². The van der Waals surface area contributed by atoms with Gasteiger partial charge in [0.1, 0.15) is 22.4 Å². The maximum absolute atomic E-state index is 13.2. The van der Waals surface area contributed by atoms with E-state index in [1.807, 2.05) is 0 Å². The Bertz CT molecular complexity index is 1420. The van der Waals surface area contributed by atoms with E-state index < -0.39 is 71.9 Å². The second-order valence-electron chi connectivity index (χ2n) is 8.71. The summed E-state index contributed by atoms with van der Waals surface area (Å²) >= 11 is 1.67. The van der Waals surface area contributed by atoms with Gasteiger partial charge in [-0.15, -0.1) is 11.3 Å². The number of fused-ring (bicyclic) bond motifs is 1. The van der Waals surface area contributed by atoms with Gasteiger partial charge in [0.2, 0.25) is 0 Å². The number of aromatic nitrogens is 2. The second kappa shape index (κ2) is 13.3. The molecule has 0 spiro atoms. The number of ether oxygens (including phenoxy) is 6. The van der Waals surface area contributed by atoms with E-state index in [0.29, 0.717) is 5.56 Å². The van der Waals surface area contributed by atoms with Crippen molar-refractivity contribution in [3.8, 4) is 0 Å². The molecule has 1 aliphatic rings. The first-order valence-corrected chi connectivity index (χ1v) is 13.9. The molecule has 1 saturated heterocycles. The summed E-state index contributed by atoms with van der Waals surface area (Å²) in [5, 5.41) is 0.00602. The predicted octanol–water partition coefficient (Wildman–Crippen LogP) is 0.832. The van der Waals surface area contributed by atoms with Crippen LogP contribution in [0.2, 0.25) is 0 Å². The van der Waals surface area contributed by atoms with Crippen molar-refractivity contribution in [2.24, 2.45) is 0 Å². The van der Waals surface area contributed by atoms with Crippen LogP contribution in [0.4, 0.5) is 0 Å². The fourth-order valence-corrected chi connectivity index (χ4v) is 6.25. The molecule has 2 aromatic rings. The number of nitrogens with zero attached hydrogens (tertiary/aromatic N) is 2. The summed E-state index contributed by atoms with van der Waals surface area (Å²) in [6, 6.07) is 0. The van der Waals surface area contributed by atoms with E-state index in [1.165, 1.54) is 0 Å². The fraction of sp³-hybridized carbons (Fsp3) is 0.542. The largest absolute Gasteiger partial charge is 0.463 e. The molecule has 5 atom stereocenters. The molecule has 17 heteroatoms. The van der Waals surface area contributed by atoms with Gasteiger partial charge < -0.3 is 34.3 Å². The third-order valence-electron chi connectivity index (χ3n) is 5.59. The summed E-state index contributed by atoms with van der Waals surface area (Å²) in [5.41, 5.74) is -1.59. The summed E-state index contributed by atoms with van der Waals surface area (Å²) in [4.78, 5) is 78.0. The third-order valence-corrected chi connectivity index (χ3v) is 7.87. The zero-order valence-electron chi connectivity index (χ0n) is 23.0. The standard InChI is InChI=1S/C24H29N3O12S2/c1-7-34-22(33)19-9(2)15-20(40-19)26-24(27(25)21(15)32)41-23-18(38-13(6)31)17(37-12(5)30)16(36-11(4)29)14(39-23)8-35-10(3)28/h14,16-18,23H,7-8,25H2,1-6H3/t14-,16+,17+,18-,23+/m1/s1. The Hall–Kier alpha value is -3.70. The Morgan fingerprint density at radius 2 is 1.54 bits per heavy atom. The highest BCUT2D eigenvalue weighted by Crippen LogP contribution is 2.38. The Morgan fingerprint density at radius 1 is 0.951 bits per heavy atom. The van der Waals surface area contributed by atoms with Crippen LogP contribution in [0.25, 0.3) is 10.2 Å². The van der Waals surface area contributed by atoms with E-state index in [2.05, 4.69) is 4.98 Å². The summed E-state index contributed by atoms with van der Waals surface area (Å²) in [7, 11) is 0. The van der Waals surface area contributed by atoms with E-state index in [9.17, 15) is 28.8 Å². The number of thioether (sulfide) groups is 1. The van der Waals surface area contributed by atoms with E-state index in [0.717, 1.165) is 55.5 Å². The molecule has 0 unspecified atom stereocenters. The number of hydrogen-bond acceptors (Lipinski definition) is 16. The first kappa shape index (κ1) is 31.8. The lowest BCUT2D eigenvalue weighted by atomic mass is 9.99. The zero-order chi connectivity index (χ0) is 30.6. The number of carbonyl (C=O) groups is 5. The molecule has 0 aromatic carbocycles. The van der Waals surface area contributed by atoms with Crippen LogP contribution in [0, 0.1) is 6.92 Å². The molecule has 1 aliphatic heterocycles. The Labute approximate surface area is 241 Å². The Morgan fingerprint density at radius 3 is 2.10 bits per heavy atom. The van der Waals surface area contributed by atoms with Gasteiger partial charge in [-0.3, -0.25) is 24.0 Å². The molecule has 2 aromatic heterocycles. The van der Waals surface area contributed by atoms with E-state index in [-0.39, 0.29) is 26.9 Å². The first-order chi connectivity index (χ1) is 19.2. The quantitative estimate of drug-likeness (QED) is 0.180. The van der Waals surface area contributed by atoms with Crippen LogP contribution in [0.5, 0.6) is 0 Å². The molecule has 224 valence electrons. The molecule has 3 heterocycles. The van der Waals surface area contributed by atoms with Gasteiger partial charge >= 0.3 is 29.8 Å². The smallest absolute Gasteiger partial charge is 0.348 e. The zero-order valence-corrected chi connectivity index (χ0v) is 24.6. The SMILES string of the molecule is CCOC(=O)c1sc2nc(S[C@@H]3O[C@H](COC(C)=O)[C@H](OC(C)=O)[C@H](OC(C)=O)[C@H]3OC(C)=O)n(N)c(=O)c2c1C. The van der Waals surface area contributed by atoms with E-state index in [1.54, 1.807) is 13.8 Å². The van der Waals surface area contributed by atoms with Gasteiger partial charge in [0, 0.05) is 27.7 Å². The van der Waals surface area contributed by atoms with Gasteiger partial charge in [0.05, 0.1) is 12.0 Å². The highest BCUT2D eigenvalue weighted by Gasteiger charge is 2.53. The molecular weight excluding hydrogens is 586 g/mol. The van der Waals surface area contributed by atoms with Crippen molar-refractivity contribution >= 4 is 63.2 Å². The van der Waals surface area contributed by atoms with Crippen LogP contribution in [-0.4, -0.2) is 82.6 Å². The first-order valence-electron chi connectivity index (χ1n) is 12.2. The molecule has 1 fully saturated rings. The maximum Gasteiger partial charge on any atom is 0.348 e. The predicted molar refractivity (Wildman–Crippen MR) is 143 cm³/mol. The van der Waals surface area contributed by atoms with Crippen molar-refractivity contribution in [3.05, 3.63) is 20.8 Å². The average molecular weight is 616 g/mol. The van der Waals surface area contributed by atoms with Gasteiger partial charge in [0.15, 0.2) is 28.9 Å². The molecule has 0 bridgehead atoms. The van der Waals surface area contributed by atoms with Gasteiger partial charge in [-0.05, 0) is 19.4 Å². The third kappa shape index (κ3) is 7.34. The van der Waals surface area contributed by atoms with Crippen LogP contribution in [0.1, 0.15) is 49.9 Å². The number of nitrogen functional groups attached to an aromatic ring is 1. The van der Waals surface area contributed by atoms with Crippen molar-refractivity contribution in [2.45, 2.75) is 76.6 Å². The van der Waals surface area contributed by atoms with Crippen LogP contribution in [-0.2, 0) is 47.6 Å². The van der Waals surface area contributed by atoms with Gasteiger partial charge in [0.25, 0.3) is 5.56 Å². The van der Waals surface area contributed by atoms with Crippen molar-refractivity contribution in [3.63, 3.8) is 0 Å². The minimum Gasteiger partial charge on any atom is -0.463 e. The highest BCUT2D eigenvalue weighted by atomic mass is 32.2. The molecule has 0 saturated carbocycles. The topological polar surface area (TPSA) is 202 Å². The van der Waals surface area contributed by atoms with Crippen LogP contribution in [0.3, 0.4) is 0 Å². The van der Waals surface area contributed by atoms with E-state index in [4.69, 9.17) is 34.3 Å². The van der Waals surface area contributed by atoms with Crippen molar-refractivity contribution in [1.82, 2.24) is 9.66 Å². The molecule has 3 rings (SSSR count). The average Bonchev–Trinajstić information content (AvgIpc) is 3.20. The van der Waals surface area contributed by atoms with Crippen LogP contribution < -0.4 is 11.4 Å². The van der Waals surface area contributed by atoms with Crippen molar-refractivity contribution < 1.29 is 52.4 Å². The monoisotopic (exact) mass is 615 g/mol. The number of aryl methyl sites for hydroxylation is 1. The second-order valence-corrected chi connectivity index (χ2v) is 10.8. The van der Waals surface area contributed by atoms with Crippen LogP contribution in [0.15, 0.2) is 9.95 Å². The minimum atomic E-state index is -1.41. The number of nitrogens with two attached hydrogens (primary N) is 1. The molecule has 2 N–H and O–H groups in total. The number of hydrogen-bond donors (Lipinski definition) is 1. The summed E-state index contributed by atoms with van der Waals surface area (Å²) in [6.45, 7) is 7.38. The lowest BCUT2D eigenvalue weighted by Crippen LogP contribution is -2.61. The Balaban J connectivity index is 2.11. The molecule has 0 aliphatic carbocycles. The summed E-state index contributed by atoms with van der Waals surface area (Å²) < 4.78 is 33.1. The van der Waals surface area contributed by atoms with Gasteiger partial charge in [-0.1, -0.05) is 11.8 Å². The van der Waals surface area contributed by atoms with Gasteiger partial charge in [-0.2, -0.15) is 0 Å². The lowest BCUT2D eigenvalue weighted by Gasteiger charge is -2.44. The molecule has 0 amide bonds. The molecular formula is C24H29N3O12S2. The minimum absolute atomic E-state index is 0.111. The molecule has 0 radical (unpaired) electrons. The van der Waals surface area contributed by atoms with Crippen molar-refractivity contribution in [1.29, 1.82) is 0 Å². The Kier molecular flexibility index (Phi) is 10.3. The summed E-state index contributed by atoms with van der Waals surface area (Å²) in [6.07, 6.45) is -5.35. The number of carbonyl (C=O) groups excluding carboxylic acids is 5. The summed E-state index contributed by atoms with van der Waals surface area (Å²) in [5.74, 6) is 2.44. The number of rotatable bonds is 9. The number of esters is 5. The van der Waals surface area contributed by atoms with Crippen LogP contribution >= 0.6 is 23.1 Å². The fourth-order valence-electron chi connectivity index (χ4n) is 4.04. The molecule has 41 heavy (non-hydrogen) atoms. The van der Waals surface area contributed by atoms with Crippen molar-refractivity contribution in [2.75, 3.05) is 19.1 Å². The maximum atomic E-state index is 13.2. The highest BCUT2D eigenvalue weighted by molar-refractivity contribution is 7.99. The normalized spacial score (nSPS) is 22.0. The lowest BCUT2D eigenvalue weighted by molar-refractivity contribution is -0.237.